The molecule has 11 rings (SSSR count). The summed E-state index contributed by atoms with van der Waals surface area (Å²) in [5, 5.41) is 17.3. The molecule has 0 aliphatic heterocycles. The van der Waals surface area contributed by atoms with Crippen LogP contribution in [-0.2, 0) is 0 Å². The molecule has 5 heteroatoms. The molecule has 11 aromatic rings. The van der Waals surface area contributed by atoms with Crippen molar-refractivity contribution in [2.24, 2.45) is 0 Å². The number of rotatable bonds is 4. The Hall–Kier alpha value is -7.86. The van der Waals surface area contributed by atoms with Crippen LogP contribution >= 0.6 is 0 Å². The molecule has 3 aromatic heterocycles. The van der Waals surface area contributed by atoms with Crippen LogP contribution in [0.2, 0.25) is 0 Å². The fourth-order valence-electron chi connectivity index (χ4n) is 8.73. The third kappa shape index (κ3) is 4.51. The van der Waals surface area contributed by atoms with Crippen LogP contribution in [-0.4, -0.2) is 13.7 Å². The van der Waals surface area contributed by atoms with Crippen LogP contribution in [0.3, 0.4) is 0 Å². The fourth-order valence-corrected chi connectivity index (χ4v) is 8.73. The van der Waals surface area contributed by atoms with E-state index in [1.807, 2.05) is 36.4 Å². The van der Waals surface area contributed by atoms with Crippen LogP contribution in [0.25, 0.3) is 98.5 Å². The molecule has 55 heavy (non-hydrogen) atoms. The monoisotopic (exact) mass is 699 g/mol. The molecule has 3 heterocycles. The average Bonchev–Trinajstić information content (AvgIpc) is 3.89. The Balaban J connectivity index is 1.09. The van der Waals surface area contributed by atoms with Crippen molar-refractivity contribution in [3.63, 3.8) is 0 Å². The van der Waals surface area contributed by atoms with Gasteiger partial charge in [0.1, 0.15) is 0 Å². The molecule has 0 amide bonds. The van der Waals surface area contributed by atoms with Gasteiger partial charge in [0.25, 0.3) is 0 Å². The number of benzene rings is 8. The standard InChI is InChI=1S/C50H29N5/c1-52-35-23-26-47-42(30-35)40-13-4-6-15-43(40)53(47)36-24-21-33(22-25-36)34-27-32(31-51)28-37(29-34)54-46-18-9-5-14-41(46)50-48(54)19-10-20-49(50)55-44-16-7-2-11-38(44)39-12-3-8-17-45(39)55/h2-30H. The zero-order valence-corrected chi connectivity index (χ0v) is 29.5. The molecule has 0 aliphatic rings. The van der Waals surface area contributed by atoms with Gasteiger partial charge in [-0.25, -0.2) is 4.85 Å². The zero-order valence-electron chi connectivity index (χ0n) is 29.5. The summed E-state index contributed by atoms with van der Waals surface area (Å²) >= 11 is 0. The smallest absolute Gasteiger partial charge is 0.188 e. The maximum Gasteiger partial charge on any atom is 0.188 e. The predicted octanol–water partition coefficient (Wildman–Crippen LogP) is 13.1. The van der Waals surface area contributed by atoms with Crippen LogP contribution in [0.1, 0.15) is 5.56 Å². The quantitative estimate of drug-likeness (QED) is 0.169. The first-order valence-corrected chi connectivity index (χ1v) is 18.3. The maximum absolute atomic E-state index is 10.4. The molecular formula is C50H29N5. The number of hydrogen-bond acceptors (Lipinski definition) is 1. The van der Waals surface area contributed by atoms with E-state index in [1.54, 1.807) is 0 Å². The third-order valence-corrected chi connectivity index (χ3v) is 11.0. The van der Waals surface area contributed by atoms with Gasteiger partial charge in [-0.1, -0.05) is 97.1 Å². The van der Waals surface area contributed by atoms with Crippen LogP contribution in [0, 0.1) is 17.9 Å². The second kappa shape index (κ2) is 11.8. The van der Waals surface area contributed by atoms with E-state index in [0.29, 0.717) is 11.3 Å². The summed E-state index contributed by atoms with van der Waals surface area (Å²) in [6, 6.07) is 63.8. The van der Waals surface area contributed by atoms with E-state index in [2.05, 4.69) is 164 Å². The van der Waals surface area contributed by atoms with Crippen molar-refractivity contribution in [1.29, 1.82) is 5.26 Å². The van der Waals surface area contributed by atoms with Crippen LogP contribution in [0.15, 0.2) is 176 Å². The highest BCUT2D eigenvalue weighted by atomic mass is 15.0. The minimum atomic E-state index is 0.596. The molecular weight excluding hydrogens is 671 g/mol. The van der Waals surface area contributed by atoms with Crippen molar-refractivity contribution >= 4 is 71.1 Å². The van der Waals surface area contributed by atoms with E-state index in [1.165, 1.54) is 21.8 Å². The first-order valence-electron chi connectivity index (χ1n) is 18.3. The highest BCUT2D eigenvalue weighted by Gasteiger charge is 2.20. The summed E-state index contributed by atoms with van der Waals surface area (Å²) in [7, 11) is 0. The van der Waals surface area contributed by atoms with E-state index >= 15 is 0 Å². The van der Waals surface area contributed by atoms with Gasteiger partial charge in [-0.05, 0) is 95.4 Å². The highest BCUT2D eigenvalue weighted by molar-refractivity contribution is 6.16. The number of nitrogens with zero attached hydrogens (tertiary/aromatic N) is 5. The summed E-state index contributed by atoms with van der Waals surface area (Å²) in [4.78, 5) is 3.68. The molecule has 0 aliphatic carbocycles. The van der Waals surface area contributed by atoms with Gasteiger partial charge in [0, 0.05) is 38.3 Å². The molecule has 5 nitrogen and oxygen atoms in total. The lowest BCUT2D eigenvalue weighted by molar-refractivity contribution is 1.17. The lowest BCUT2D eigenvalue weighted by atomic mass is 10.0. The van der Waals surface area contributed by atoms with E-state index in [4.69, 9.17) is 6.57 Å². The van der Waals surface area contributed by atoms with Gasteiger partial charge in [0.2, 0.25) is 0 Å². The Labute approximate surface area is 316 Å². The molecule has 0 spiro atoms. The van der Waals surface area contributed by atoms with Crippen molar-refractivity contribution in [2.45, 2.75) is 0 Å². The van der Waals surface area contributed by atoms with Gasteiger partial charge in [-0.15, -0.1) is 0 Å². The first kappa shape index (κ1) is 30.7. The summed E-state index contributed by atoms with van der Waals surface area (Å²) in [6.45, 7) is 7.56. The van der Waals surface area contributed by atoms with Gasteiger partial charge in [-0.3, -0.25) is 0 Å². The second-order valence-corrected chi connectivity index (χ2v) is 14.0. The SMILES string of the molecule is [C-]#[N+]c1ccc2c(c1)c1ccccc1n2-c1ccc(-c2cc(C#N)cc(-n3c4ccccc4c4c(-n5c6ccccc6c6ccccc65)cccc43)c2)cc1. The normalized spacial score (nSPS) is 11.6. The van der Waals surface area contributed by atoms with Gasteiger partial charge in [0.15, 0.2) is 5.69 Å². The summed E-state index contributed by atoms with van der Waals surface area (Å²) < 4.78 is 6.95. The maximum atomic E-state index is 10.4. The van der Waals surface area contributed by atoms with E-state index in [0.717, 1.165) is 71.8 Å². The van der Waals surface area contributed by atoms with Crippen molar-refractivity contribution in [3.8, 4) is 34.3 Å². The van der Waals surface area contributed by atoms with Crippen LogP contribution in [0.5, 0.6) is 0 Å². The minimum Gasteiger partial charge on any atom is -0.309 e. The van der Waals surface area contributed by atoms with Crippen molar-refractivity contribution in [3.05, 3.63) is 193 Å². The molecule has 0 N–H and O–H groups in total. The Morgan fingerprint density at radius 3 is 1.62 bits per heavy atom. The average molecular weight is 700 g/mol. The number of para-hydroxylation sites is 4. The Morgan fingerprint density at radius 2 is 0.964 bits per heavy atom. The van der Waals surface area contributed by atoms with Gasteiger partial charge >= 0.3 is 0 Å². The number of aromatic nitrogens is 3. The predicted molar refractivity (Wildman–Crippen MR) is 226 cm³/mol. The summed E-state index contributed by atoms with van der Waals surface area (Å²) in [6.07, 6.45) is 0. The number of nitriles is 1. The van der Waals surface area contributed by atoms with Crippen molar-refractivity contribution in [2.75, 3.05) is 0 Å². The Bertz CT molecular complexity index is 3400. The molecule has 8 aromatic carbocycles. The lowest BCUT2D eigenvalue weighted by Gasteiger charge is -2.13. The molecule has 0 saturated carbocycles. The number of hydrogen-bond donors (Lipinski definition) is 0. The second-order valence-electron chi connectivity index (χ2n) is 14.0. The third-order valence-electron chi connectivity index (χ3n) is 11.0. The Kier molecular flexibility index (Phi) is 6.61. The molecule has 0 unspecified atom stereocenters. The summed E-state index contributed by atoms with van der Waals surface area (Å²) in [5.41, 5.74) is 12.9. The van der Waals surface area contributed by atoms with Crippen molar-refractivity contribution < 1.29 is 0 Å². The zero-order chi connectivity index (χ0) is 36.6. The molecule has 0 saturated heterocycles. The largest absolute Gasteiger partial charge is 0.309 e. The van der Waals surface area contributed by atoms with E-state index in [9.17, 15) is 5.26 Å². The van der Waals surface area contributed by atoms with E-state index < -0.39 is 0 Å². The van der Waals surface area contributed by atoms with Gasteiger partial charge in [0.05, 0.1) is 57.0 Å². The fraction of sp³-hybridized carbons (Fsp3) is 0. The molecule has 0 atom stereocenters. The lowest BCUT2D eigenvalue weighted by Crippen LogP contribution is -1.98. The molecule has 0 radical (unpaired) electrons. The first-order chi connectivity index (χ1) is 27.2. The van der Waals surface area contributed by atoms with Crippen LogP contribution in [0.4, 0.5) is 5.69 Å². The minimum absolute atomic E-state index is 0.596. The molecule has 0 bridgehead atoms. The van der Waals surface area contributed by atoms with Crippen LogP contribution < -0.4 is 0 Å². The topological polar surface area (TPSA) is 42.9 Å². The molecule has 254 valence electrons. The van der Waals surface area contributed by atoms with E-state index in [-0.39, 0.29) is 0 Å². The Morgan fingerprint density at radius 1 is 0.418 bits per heavy atom. The number of fused-ring (bicyclic) bond motifs is 9. The summed E-state index contributed by atoms with van der Waals surface area (Å²) in [5.74, 6) is 0. The van der Waals surface area contributed by atoms with Gasteiger partial charge < -0.3 is 13.7 Å². The molecule has 0 fully saturated rings. The van der Waals surface area contributed by atoms with Crippen molar-refractivity contribution in [1.82, 2.24) is 13.7 Å². The van der Waals surface area contributed by atoms with Gasteiger partial charge in [-0.2, -0.15) is 5.26 Å². The highest BCUT2D eigenvalue weighted by Crippen LogP contribution is 2.41.